The molecule has 2 rings (SSSR count). The summed E-state index contributed by atoms with van der Waals surface area (Å²) in [4.78, 5) is 4.24. The Balaban J connectivity index is 3.00. The topological polar surface area (TPSA) is 38.9 Å². The third kappa shape index (κ3) is 1.23. The van der Waals surface area contributed by atoms with Gasteiger partial charge in [-0.15, -0.1) is 0 Å². The van der Waals surface area contributed by atoms with Gasteiger partial charge in [-0.25, -0.2) is 0 Å². The van der Waals surface area contributed by atoms with Crippen molar-refractivity contribution in [1.29, 1.82) is 0 Å². The second kappa shape index (κ2) is 2.89. The van der Waals surface area contributed by atoms with E-state index in [0.717, 1.165) is 16.5 Å². The van der Waals surface area contributed by atoms with Crippen LogP contribution in [0.15, 0.2) is 24.4 Å². The third-order valence-electron chi connectivity index (χ3n) is 2.08. The zero-order chi connectivity index (χ0) is 9.42. The molecule has 2 nitrogen and oxygen atoms in total. The zero-order valence-corrected chi connectivity index (χ0v) is 7.97. The quantitative estimate of drug-likeness (QED) is 0.697. The number of benzene rings is 1. The van der Waals surface area contributed by atoms with E-state index in [4.69, 9.17) is 17.3 Å². The monoisotopic (exact) mass is 192 g/mol. The third-order valence-corrected chi connectivity index (χ3v) is 2.39. The Morgan fingerprint density at radius 3 is 2.77 bits per heavy atom. The number of aromatic nitrogens is 1. The minimum Gasteiger partial charge on any atom is -0.398 e. The van der Waals surface area contributed by atoms with Gasteiger partial charge in [-0.05, 0) is 24.6 Å². The summed E-state index contributed by atoms with van der Waals surface area (Å²) >= 11 is 6.01. The van der Waals surface area contributed by atoms with Gasteiger partial charge in [0.1, 0.15) is 0 Å². The van der Waals surface area contributed by atoms with Crippen molar-refractivity contribution < 1.29 is 0 Å². The Bertz CT molecular complexity index is 457. The van der Waals surface area contributed by atoms with Crippen LogP contribution >= 0.6 is 11.6 Å². The lowest BCUT2D eigenvalue weighted by atomic mass is 10.1. The van der Waals surface area contributed by atoms with Crippen molar-refractivity contribution in [3.8, 4) is 0 Å². The molecule has 0 atom stereocenters. The molecule has 1 heterocycles. The molecule has 1 aromatic carbocycles. The van der Waals surface area contributed by atoms with Gasteiger partial charge in [0.25, 0.3) is 0 Å². The molecule has 0 bridgehead atoms. The van der Waals surface area contributed by atoms with Gasteiger partial charge in [-0.3, -0.25) is 4.98 Å². The molecule has 0 aliphatic carbocycles. The number of halogens is 1. The van der Waals surface area contributed by atoms with Crippen LogP contribution in [0.2, 0.25) is 5.02 Å². The van der Waals surface area contributed by atoms with E-state index in [-0.39, 0.29) is 0 Å². The van der Waals surface area contributed by atoms with Crippen LogP contribution in [0.1, 0.15) is 5.56 Å². The van der Waals surface area contributed by atoms with Crippen LogP contribution in [0, 0.1) is 6.92 Å². The van der Waals surface area contributed by atoms with E-state index in [1.807, 2.05) is 19.1 Å². The van der Waals surface area contributed by atoms with Crippen LogP contribution in [-0.4, -0.2) is 4.98 Å². The molecule has 2 aromatic rings. The molecule has 0 radical (unpaired) electrons. The minimum atomic E-state index is 0.659. The van der Waals surface area contributed by atoms with E-state index in [1.54, 1.807) is 12.3 Å². The normalized spacial score (nSPS) is 10.6. The van der Waals surface area contributed by atoms with Crippen molar-refractivity contribution in [1.82, 2.24) is 4.98 Å². The van der Waals surface area contributed by atoms with Crippen molar-refractivity contribution in [3.05, 3.63) is 35.0 Å². The fourth-order valence-corrected chi connectivity index (χ4v) is 1.65. The van der Waals surface area contributed by atoms with Crippen LogP contribution in [0.25, 0.3) is 10.9 Å². The second-order valence-electron chi connectivity index (χ2n) is 2.99. The number of hydrogen-bond acceptors (Lipinski definition) is 2. The van der Waals surface area contributed by atoms with E-state index in [1.165, 1.54) is 0 Å². The maximum Gasteiger partial charge on any atom is 0.0766 e. The summed E-state index contributed by atoms with van der Waals surface area (Å²) in [6.07, 6.45) is 1.70. The molecule has 66 valence electrons. The molecule has 3 heteroatoms. The molecule has 0 aliphatic rings. The number of fused-ring (bicyclic) bond motifs is 1. The van der Waals surface area contributed by atoms with Crippen LogP contribution in [0.3, 0.4) is 0 Å². The molecule has 2 N–H and O–H groups in total. The molecular formula is C10H9ClN2. The van der Waals surface area contributed by atoms with Crippen molar-refractivity contribution >= 4 is 28.2 Å². The molecule has 0 aliphatic heterocycles. The molecule has 0 spiro atoms. The maximum atomic E-state index is 6.01. The summed E-state index contributed by atoms with van der Waals surface area (Å²) in [5.41, 5.74) is 8.45. The summed E-state index contributed by atoms with van der Waals surface area (Å²) in [5, 5.41) is 1.51. The highest BCUT2D eigenvalue weighted by atomic mass is 35.5. The first-order valence-corrected chi connectivity index (χ1v) is 4.37. The average molecular weight is 193 g/mol. The second-order valence-corrected chi connectivity index (χ2v) is 3.40. The number of aryl methyl sites for hydroxylation is 1. The van der Waals surface area contributed by atoms with Crippen LogP contribution in [0.5, 0.6) is 0 Å². The van der Waals surface area contributed by atoms with Gasteiger partial charge < -0.3 is 5.73 Å². The highest BCUT2D eigenvalue weighted by Gasteiger charge is 2.05. The number of rotatable bonds is 0. The predicted octanol–water partition coefficient (Wildman–Crippen LogP) is 2.78. The highest BCUT2D eigenvalue weighted by Crippen LogP contribution is 2.28. The largest absolute Gasteiger partial charge is 0.398 e. The first-order valence-electron chi connectivity index (χ1n) is 3.99. The van der Waals surface area contributed by atoms with E-state index in [9.17, 15) is 0 Å². The predicted molar refractivity (Wildman–Crippen MR) is 55.9 cm³/mol. The number of anilines is 1. The molecule has 0 fully saturated rings. The number of hydrogen-bond donors (Lipinski definition) is 1. The van der Waals surface area contributed by atoms with Gasteiger partial charge in [-0.1, -0.05) is 17.7 Å². The molecular weight excluding hydrogens is 184 g/mol. The number of pyridine rings is 1. The fourth-order valence-electron chi connectivity index (χ4n) is 1.39. The molecule has 0 unspecified atom stereocenters. The summed E-state index contributed by atoms with van der Waals surface area (Å²) < 4.78 is 0. The van der Waals surface area contributed by atoms with Gasteiger partial charge in [0.15, 0.2) is 0 Å². The van der Waals surface area contributed by atoms with Crippen molar-refractivity contribution in [2.75, 3.05) is 5.73 Å². The smallest absolute Gasteiger partial charge is 0.0766 e. The number of nitrogens with zero attached hydrogens (tertiary/aromatic N) is 1. The highest BCUT2D eigenvalue weighted by molar-refractivity contribution is 6.36. The zero-order valence-electron chi connectivity index (χ0n) is 7.21. The van der Waals surface area contributed by atoms with E-state index >= 15 is 0 Å². The Morgan fingerprint density at radius 1 is 1.31 bits per heavy atom. The average Bonchev–Trinajstić information content (AvgIpc) is 2.12. The Morgan fingerprint density at radius 2 is 2.08 bits per heavy atom. The lowest BCUT2D eigenvalue weighted by molar-refractivity contribution is 1.37. The summed E-state index contributed by atoms with van der Waals surface area (Å²) in [6.45, 7) is 1.99. The van der Waals surface area contributed by atoms with E-state index < -0.39 is 0 Å². The summed E-state index contributed by atoms with van der Waals surface area (Å²) in [6, 6.07) is 5.54. The number of nitrogens with two attached hydrogens (primary N) is 1. The summed E-state index contributed by atoms with van der Waals surface area (Å²) in [7, 11) is 0. The first-order chi connectivity index (χ1) is 6.20. The minimum absolute atomic E-state index is 0.659. The molecule has 13 heavy (non-hydrogen) atoms. The fraction of sp³-hybridized carbons (Fsp3) is 0.100. The maximum absolute atomic E-state index is 6.01. The van der Waals surface area contributed by atoms with Gasteiger partial charge in [0.2, 0.25) is 0 Å². The van der Waals surface area contributed by atoms with Crippen molar-refractivity contribution in [2.45, 2.75) is 6.92 Å². The lowest BCUT2D eigenvalue weighted by Crippen LogP contribution is -1.91. The first kappa shape index (κ1) is 8.32. The SMILES string of the molecule is Cc1ccc(Cl)c2c(N)ccnc12. The van der Waals surface area contributed by atoms with Gasteiger partial charge in [0, 0.05) is 17.3 Å². The standard InChI is InChI=1S/C10H9ClN2/c1-6-2-3-7(11)9-8(12)4-5-13-10(6)9/h2-5H,1H3,(H2,12,13). The Hall–Kier alpha value is -1.28. The molecule has 1 aromatic heterocycles. The van der Waals surface area contributed by atoms with Crippen LogP contribution in [0.4, 0.5) is 5.69 Å². The van der Waals surface area contributed by atoms with E-state index in [2.05, 4.69) is 4.98 Å². The number of nitrogen functional groups attached to an aromatic ring is 1. The van der Waals surface area contributed by atoms with Crippen molar-refractivity contribution in [3.63, 3.8) is 0 Å². The van der Waals surface area contributed by atoms with E-state index in [0.29, 0.717) is 10.7 Å². The van der Waals surface area contributed by atoms with Crippen LogP contribution < -0.4 is 5.73 Å². The van der Waals surface area contributed by atoms with Crippen LogP contribution in [-0.2, 0) is 0 Å². The van der Waals surface area contributed by atoms with Gasteiger partial charge in [-0.2, -0.15) is 0 Å². The lowest BCUT2D eigenvalue weighted by Gasteiger charge is -2.05. The summed E-state index contributed by atoms with van der Waals surface area (Å²) in [5.74, 6) is 0. The van der Waals surface area contributed by atoms with Gasteiger partial charge in [0.05, 0.1) is 10.5 Å². The molecule has 0 amide bonds. The Labute approximate surface area is 81.3 Å². The Kier molecular flexibility index (Phi) is 1.85. The molecule has 0 saturated carbocycles. The van der Waals surface area contributed by atoms with Gasteiger partial charge >= 0.3 is 0 Å². The van der Waals surface area contributed by atoms with Crippen molar-refractivity contribution in [2.24, 2.45) is 0 Å². The molecule has 0 saturated heterocycles.